The maximum Gasteiger partial charge on any atom is 0.275 e. The Morgan fingerprint density at radius 3 is 2.38 bits per heavy atom. The molecule has 29 heavy (non-hydrogen) atoms. The molecule has 1 N–H and O–H groups in total. The van der Waals surface area contributed by atoms with Gasteiger partial charge in [0.05, 0.1) is 12.4 Å². The fourth-order valence-corrected chi connectivity index (χ4v) is 3.75. The second-order valence-electron chi connectivity index (χ2n) is 7.70. The maximum absolute atomic E-state index is 12.4. The molecule has 2 heterocycles. The lowest BCUT2D eigenvalue weighted by molar-refractivity contribution is 0.102. The summed E-state index contributed by atoms with van der Waals surface area (Å²) < 4.78 is 0. The number of anilines is 2. The number of hydrogen-bond acceptors (Lipinski definition) is 4. The molecule has 1 saturated heterocycles. The molecule has 0 spiro atoms. The first-order chi connectivity index (χ1) is 14.2. The molecule has 0 bridgehead atoms. The zero-order valence-corrected chi connectivity index (χ0v) is 16.7. The number of nitrogens with one attached hydrogen (secondary N) is 1. The maximum atomic E-state index is 12.4. The molecule has 5 heteroatoms. The first kappa shape index (κ1) is 19.1. The van der Waals surface area contributed by atoms with Crippen LogP contribution in [-0.4, -0.2) is 29.0 Å². The van der Waals surface area contributed by atoms with Crippen molar-refractivity contribution in [1.82, 2.24) is 9.97 Å². The van der Waals surface area contributed by atoms with Crippen LogP contribution in [0.5, 0.6) is 0 Å². The summed E-state index contributed by atoms with van der Waals surface area (Å²) >= 11 is 0. The van der Waals surface area contributed by atoms with Crippen LogP contribution >= 0.6 is 0 Å². The molecule has 1 fully saturated rings. The van der Waals surface area contributed by atoms with Gasteiger partial charge in [-0.25, -0.2) is 9.97 Å². The third-order valence-corrected chi connectivity index (χ3v) is 5.49. The van der Waals surface area contributed by atoms with E-state index >= 15 is 0 Å². The highest BCUT2D eigenvalue weighted by Gasteiger charge is 2.21. The highest BCUT2D eigenvalue weighted by atomic mass is 16.1. The van der Waals surface area contributed by atoms with Crippen LogP contribution in [0.15, 0.2) is 67.0 Å². The van der Waals surface area contributed by atoms with Crippen LogP contribution < -0.4 is 10.2 Å². The second kappa shape index (κ2) is 8.86. The topological polar surface area (TPSA) is 58.1 Å². The molecule has 0 unspecified atom stereocenters. The predicted molar refractivity (Wildman–Crippen MR) is 116 cm³/mol. The normalized spacial score (nSPS) is 14.6. The van der Waals surface area contributed by atoms with E-state index in [4.69, 9.17) is 0 Å². The van der Waals surface area contributed by atoms with E-state index in [0.717, 1.165) is 49.4 Å². The molecular weight excluding hydrogens is 360 g/mol. The van der Waals surface area contributed by atoms with Crippen molar-refractivity contribution in [2.45, 2.75) is 26.2 Å². The van der Waals surface area contributed by atoms with Crippen LogP contribution in [0.25, 0.3) is 0 Å². The molecule has 0 atom stereocenters. The van der Waals surface area contributed by atoms with E-state index in [0.29, 0.717) is 11.6 Å². The van der Waals surface area contributed by atoms with Gasteiger partial charge in [-0.05, 0) is 49.8 Å². The SMILES string of the molecule is Cc1ccc(NC(=O)c2cnc(N3CCC(Cc4ccccc4)CC3)cn2)cc1. The lowest BCUT2D eigenvalue weighted by Crippen LogP contribution is -2.35. The molecule has 3 aromatic rings. The van der Waals surface area contributed by atoms with Gasteiger partial charge in [0.25, 0.3) is 5.91 Å². The van der Waals surface area contributed by atoms with Gasteiger partial charge in [-0.1, -0.05) is 48.0 Å². The van der Waals surface area contributed by atoms with Crippen LogP contribution in [-0.2, 0) is 6.42 Å². The van der Waals surface area contributed by atoms with Crippen LogP contribution in [0.3, 0.4) is 0 Å². The van der Waals surface area contributed by atoms with E-state index in [9.17, 15) is 4.79 Å². The van der Waals surface area contributed by atoms with Crippen molar-refractivity contribution in [1.29, 1.82) is 0 Å². The second-order valence-corrected chi connectivity index (χ2v) is 7.70. The van der Waals surface area contributed by atoms with Gasteiger partial charge in [0, 0.05) is 18.8 Å². The Labute approximate surface area is 171 Å². The molecule has 1 amide bonds. The summed E-state index contributed by atoms with van der Waals surface area (Å²) in [6.07, 6.45) is 6.70. The molecule has 1 aliphatic rings. The molecule has 0 aliphatic carbocycles. The van der Waals surface area contributed by atoms with E-state index in [1.807, 2.05) is 31.2 Å². The zero-order valence-electron chi connectivity index (χ0n) is 16.7. The van der Waals surface area contributed by atoms with E-state index in [1.54, 1.807) is 12.4 Å². The summed E-state index contributed by atoms with van der Waals surface area (Å²) in [6, 6.07) is 18.4. The Balaban J connectivity index is 1.31. The highest BCUT2D eigenvalue weighted by molar-refractivity contribution is 6.02. The predicted octanol–water partition coefficient (Wildman–Crippen LogP) is 4.50. The van der Waals surface area contributed by atoms with Crippen molar-refractivity contribution in [2.75, 3.05) is 23.3 Å². The number of benzene rings is 2. The van der Waals surface area contributed by atoms with Gasteiger partial charge in [0.2, 0.25) is 0 Å². The minimum atomic E-state index is -0.241. The molecular formula is C24H26N4O. The van der Waals surface area contributed by atoms with Gasteiger partial charge < -0.3 is 10.2 Å². The Morgan fingerprint density at radius 2 is 1.72 bits per heavy atom. The summed E-state index contributed by atoms with van der Waals surface area (Å²) in [6.45, 7) is 3.96. The summed E-state index contributed by atoms with van der Waals surface area (Å²) in [7, 11) is 0. The third-order valence-electron chi connectivity index (χ3n) is 5.49. The van der Waals surface area contributed by atoms with E-state index in [2.05, 4.69) is 50.5 Å². The fraction of sp³-hybridized carbons (Fsp3) is 0.292. The molecule has 0 radical (unpaired) electrons. The van der Waals surface area contributed by atoms with Gasteiger partial charge in [-0.15, -0.1) is 0 Å². The standard InChI is InChI=1S/C24H26N4O/c1-18-7-9-21(10-8-18)27-24(29)22-16-26-23(17-25-22)28-13-11-20(12-14-28)15-19-5-3-2-4-6-19/h2-10,16-17,20H,11-15H2,1H3,(H,27,29). The highest BCUT2D eigenvalue weighted by Crippen LogP contribution is 2.24. The largest absolute Gasteiger partial charge is 0.355 e. The van der Waals surface area contributed by atoms with E-state index < -0.39 is 0 Å². The van der Waals surface area contributed by atoms with Gasteiger partial charge in [-0.2, -0.15) is 0 Å². The first-order valence-electron chi connectivity index (χ1n) is 10.2. The van der Waals surface area contributed by atoms with Gasteiger partial charge in [-0.3, -0.25) is 4.79 Å². The van der Waals surface area contributed by atoms with Gasteiger partial charge in [0.15, 0.2) is 0 Å². The van der Waals surface area contributed by atoms with Crippen molar-refractivity contribution in [3.05, 3.63) is 83.8 Å². The number of carbonyl (C=O) groups excluding carboxylic acids is 1. The van der Waals surface area contributed by atoms with Crippen molar-refractivity contribution in [2.24, 2.45) is 5.92 Å². The summed E-state index contributed by atoms with van der Waals surface area (Å²) in [5, 5.41) is 2.86. The molecule has 5 nitrogen and oxygen atoms in total. The van der Waals surface area contributed by atoms with Crippen LogP contribution in [0.2, 0.25) is 0 Å². The average molecular weight is 386 g/mol. The number of carbonyl (C=O) groups is 1. The van der Waals surface area contributed by atoms with E-state index in [1.165, 1.54) is 5.56 Å². The number of rotatable bonds is 5. The fourth-order valence-electron chi connectivity index (χ4n) is 3.75. The zero-order chi connectivity index (χ0) is 20.1. The van der Waals surface area contributed by atoms with Crippen LogP contribution in [0, 0.1) is 12.8 Å². The van der Waals surface area contributed by atoms with Crippen molar-refractivity contribution in [3.63, 3.8) is 0 Å². The van der Waals surface area contributed by atoms with Crippen molar-refractivity contribution >= 4 is 17.4 Å². The molecule has 1 aromatic heterocycles. The lowest BCUT2D eigenvalue weighted by atomic mass is 9.90. The van der Waals surface area contributed by atoms with Crippen molar-refractivity contribution in [3.8, 4) is 0 Å². The Hall–Kier alpha value is -3.21. The van der Waals surface area contributed by atoms with Crippen LogP contribution in [0.1, 0.15) is 34.5 Å². The quantitative estimate of drug-likeness (QED) is 0.702. The van der Waals surface area contributed by atoms with Crippen molar-refractivity contribution < 1.29 is 4.79 Å². The van der Waals surface area contributed by atoms with E-state index in [-0.39, 0.29) is 5.91 Å². The smallest absolute Gasteiger partial charge is 0.275 e. The molecule has 4 rings (SSSR count). The molecule has 1 aliphatic heterocycles. The summed E-state index contributed by atoms with van der Waals surface area (Å²) in [4.78, 5) is 23.5. The average Bonchev–Trinajstić information content (AvgIpc) is 2.77. The molecule has 0 saturated carbocycles. The van der Waals surface area contributed by atoms with Crippen LogP contribution in [0.4, 0.5) is 11.5 Å². The number of piperidine rings is 1. The van der Waals surface area contributed by atoms with Gasteiger partial charge in [0.1, 0.15) is 11.5 Å². The Morgan fingerprint density at radius 1 is 1.00 bits per heavy atom. The number of aromatic nitrogens is 2. The Bertz CT molecular complexity index is 931. The number of amides is 1. The Kier molecular flexibility index (Phi) is 5.84. The summed E-state index contributed by atoms with van der Waals surface area (Å²) in [5.74, 6) is 1.31. The minimum absolute atomic E-state index is 0.241. The monoisotopic (exact) mass is 386 g/mol. The minimum Gasteiger partial charge on any atom is -0.355 e. The molecule has 2 aromatic carbocycles. The van der Waals surface area contributed by atoms with Gasteiger partial charge >= 0.3 is 0 Å². The number of aryl methyl sites for hydroxylation is 1. The number of nitrogens with zero attached hydrogens (tertiary/aromatic N) is 3. The molecule has 148 valence electrons. The summed E-state index contributed by atoms with van der Waals surface area (Å²) in [5.41, 5.74) is 3.65. The first-order valence-corrected chi connectivity index (χ1v) is 10.2. The number of hydrogen-bond donors (Lipinski definition) is 1. The third kappa shape index (κ3) is 4.99. The lowest BCUT2D eigenvalue weighted by Gasteiger charge is -2.32.